The van der Waals surface area contributed by atoms with Crippen molar-refractivity contribution in [2.24, 2.45) is 11.8 Å². The van der Waals surface area contributed by atoms with E-state index in [4.69, 9.17) is 0 Å². The van der Waals surface area contributed by atoms with Crippen LogP contribution in [0.25, 0.3) is 0 Å². The molecule has 1 N–H and O–H groups in total. The van der Waals surface area contributed by atoms with Gasteiger partial charge in [0.2, 0.25) is 11.8 Å². The maximum Gasteiger partial charge on any atom is 0.233 e. The molecule has 1 aliphatic carbocycles. The van der Waals surface area contributed by atoms with Gasteiger partial charge in [0.1, 0.15) is 0 Å². The maximum absolute atomic E-state index is 12.2. The lowest BCUT2D eigenvalue weighted by molar-refractivity contribution is -0.142. The number of carbonyl (C=O) groups is 2. The van der Waals surface area contributed by atoms with E-state index in [1.807, 2.05) is 31.2 Å². The van der Waals surface area contributed by atoms with Crippen molar-refractivity contribution < 1.29 is 14.7 Å². The van der Waals surface area contributed by atoms with Crippen molar-refractivity contribution in [1.82, 2.24) is 4.90 Å². The average Bonchev–Trinajstić information content (AvgIpc) is 2.99. The second kappa shape index (κ2) is 5.02. The third-order valence-corrected chi connectivity index (χ3v) is 4.46. The van der Waals surface area contributed by atoms with Crippen LogP contribution in [0.2, 0.25) is 0 Å². The van der Waals surface area contributed by atoms with Gasteiger partial charge in [-0.25, -0.2) is 0 Å². The monoisotopic (exact) mass is 273 g/mol. The van der Waals surface area contributed by atoms with Crippen molar-refractivity contribution in [2.75, 3.05) is 6.54 Å². The van der Waals surface area contributed by atoms with Crippen molar-refractivity contribution in [1.29, 1.82) is 0 Å². The second-order valence-corrected chi connectivity index (χ2v) is 5.86. The Labute approximate surface area is 118 Å². The van der Waals surface area contributed by atoms with Gasteiger partial charge >= 0.3 is 0 Å². The molecule has 4 nitrogen and oxygen atoms in total. The van der Waals surface area contributed by atoms with Crippen LogP contribution in [0, 0.1) is 18.8 Å². The number of aryl methyl sites for hydroxylation is 1. The Hall–Kier alpha value is -1.68. The van der Waals surface area contributed by atoms with Crippen molar-refractivity contribution in [2.45, 2.75) is 32.3 Å². The number of rotatable bonds is 3. The van der Waals surface area contributed by atoms with Crippen molar-refractivity contribution in [3.8, 4) is 0 Å². The van der Waals surface area contributed by atoms with Crippen LogP contribution in [0.1, 0.15) is 36.5 Å². The highest BCUT2D eigenvalue weighted by atomic mass is 16.3. The molecule has 1 aliphatic heterocycles. The topological polar surface area (TPSA) is 57.6 Å². The fraction of sp³-hybridized carbons (Fsp3) is 0.500. The number of β-amino-alcohol motifs (C(OH)–C–C–N with tert-alkyl or cyclic N) is 1. The second-order valence-electron chi connectivity index (χ2n) is 5.86. The Kier molecular flexibility index (Phi) is 3.34. The lowest BCUT2D eigenvalue weighted by Gasteiger charge is -2.20. The molecule has 1 aromatic carbocycles. The highest BCUT2D eigenvalue weighted by Crippen LogP contribution is 2.40. The third-order valence-electron chi connectivity index (χ3n) is 4.46. The summed E-state index contributed by atoms with van der Waals surface area (Å²) in [6.07, 6.45) is 1.78. The highest BCUT2D eigenvalue weighted by Gasteiger charge is 2.49. The van der Waals surface area contributed by atoms with E-state index in [1.165, 1.54) is 4.90 Å². The van der Waals surface area contributed by atoms with Gasteiger partial charge in [-0.15, -0.1) is 0 Å². The number of benzene rings is 1. The maximum atomic E-state index is 12.2. The fourth-order valence-corrected chi connectivity index (χ4v) is 3.40. The summed E-state index contributed by atoms with van der Waals surface area (Å²) in [6.45, 7) is 2.03. The summed E-state index contributed by atoms with van der Waals surface area (Å²) in [5.41, 5.74) is 1.81. The van der Waals surface area contributed by atoms with E-state index in [-0.39, 0.29) is 30.2 Å². The van der Waals surface area contributed by atoms with Crippen LogP contribution in [0.5, 0.6) is 0 Å². The average molecular weight is 273 g/mol. The SMILES string of the molecule is Cc1cccc(C(O)CN2C(=O)C3CCCC3C2=O)c1. The van der Waals surface area contributed by atoms with Crippen LogP contribution < -0.4 is 0 Å². The summed E-state index contributed by atoms with van der Waals surface area (Å²) < 4.78 is 0. The standard InChI is InChI=1S/C16H19NO3/c1-10-4-2-5-11(8-10)14(18)9-17-15(19)12-6-3-7-13(12)16(17)20/h2,4-5,8,12-14,18H,3,6-7,9H2,1H3. The summed E-state index contributed by atoms with van der Waals surface area (Å²) in [5.74, 6) is -0.451. The van der Waals surface area contributed by atoms with Gasteiger partial charge in [-0.3, -0.25) is 14.5 Å². The van der Waals surface area contributed by atoms with E-state index < -0.39 is 6.10 Å². The molecule has 3 rings (SSSR count). The molecule has 4 heteroatoms. The molecule has 2 aliphatic rings. The number of likely N-dealkylation sites (tertiary alicyclic amines) is 1. The van der Waals surface area contributed by atoms with E-state index in [0.29, 0.717) is 0 Å². The Morgan fingerprint density at radius 2 is 1.90 bits per heavy atom. The molecule has 1 saturated carbocycles. The summed E-state index contributed by atoms with van der Waals surface area (Å²) in [7, 11) is 0. The van der Waals surface area contributed by atoms with Gasteiger partial charge in [0, 0.05) is 0 Å². The Balaban J connectivity index is 1.75. The van der Waals surface area contributed by atoms with Crippen LogP contribution in [0.4, 0.5) is 0 Å². The van der Waals surface area contributed by atoms with Gasteiger partial charge in [-0.2, -0.15) is 0 Å². The lowest BCUT2D eigenvalue weighted by atomic mass is 10.00. The van der Waals surface area contributed by atoms with Gasteiger partial charge in [0.05, 0.1) is 24.5 Å². The first kappa shape index (κ1) is 13.3. The number of imide groups is 1. The quantitative estimate of drug-likeness (QED) is 0.855. The largest absolute Gasteiger partial charge is 0.387 e. The van der Waals surface area contributed by atoms with E-state index >= 15 is 0 Å². The Bertz CT molecular complexity index is 532. The fourth-order valence-electron chi connectivity index (χ4n) is 3.40. The molecule has 2 fully saturated rings. The number of carbonyl (C=O) groups excluding carboxylic acids is 2. The predicted octanol–water partition coefficient (Wildman–Crippen LogP) is 1.81. The first-order valence-corrected chi connectivity index (χ1v) is 7.18. The van der Waals surface area contributed by atoms with Gasteiger partial charge in [-0.05, 0) is 25.3 Å². The minimum absolute atomic E-state index is 0.0775. The van der Waals surface area contributed by atoms with Gasteiger partial charge < -0.3 is 5.11 Å². The zero-order chi connectivity index (χ0) is 14.3. The smallest absolute Gasteiger partial charge is 0.233 e. The molecule has 0 spiro atoms. The molecule has 1 saturated heterocycles. The normalized spacial score (nSPS) is 27.0. The molecule has 1 heterocycles. The minimum Gasteiger partial charge on any atom is -0.387 e. The number of nitrogens with zero attached hydrogens (tertiary/aromatic N) is 1. The molecule has 0 radical (unpaired) electrons. The van der Waals surface area contributed by atoms with E-state index in [1.54, 1.807) is 0 Å². The number of fused-ring (bicyclic) bond motifs is 1. The summed E-state index contributed by atoms with van der Waals surface area (Å²) in [6, 6.07) is 7.53. The van der Waals surface area contributed by atoms with Crippen molar-refractivity contribution >= 4 is 11.8 Å². The van der Waals surface area contributed by atoms with Crippen LogP contribution in [0.15, 0.2) is 24.3 Å². The molecule has 0 bridgehead atoms. The number of aliphatic hydroxyl groups excluding tert-OH is 1. The highest BCUT2D eigenvalue weighted by molar-refractivity contribution is 6.05. The van der Waals surface area contributed by atoms with Crippen molar-refractivity contribution in [3.63, 3.8) is 0 Å². The Morgan fingerprint density at radius 1 is 1.25 bits per heavy atom. The van der Waals surface area contributed by atoms with Crippen molar-refractivity contribution in [3.05, 3.63) is 35.4 Å². The van der Waals surface area contributed by atoms with Gasteiger partial charge in [-0.1, -0.05) is 36.2 Å². The van der Waals surface area contributed by atoms with Crippen LogP contribution in [0.3, 0.4) is 0 Å². The first-order chi connectivity index (χ1) is 9.58. The zero-order valence-corrected chi connectivity index (χ0v) is 11.6. The van der Waals surface area contributed by atoms with E-state index in [0.717, 1.165) is 30.4 Å². The van der Waals surface area contributed by atoms with Crippen LogP contribution in [-0.4, -0.2) is 28.4 Å². The number of hydrogen-bond acceptors (Lipinski definition) is 3. The molecule has 3 atom stereocenters. The number of aliphatic hydroxyl groups is 1. The van der Waals surface area contributed by atoms with E-state index in [9.17, 15) is 14.7 Å². The summed E-state index contributed by atoms with van der Waals surface area (Å²) in [5, 5.41) is 10.3. The van der Waals surface area contributed by atoms with Crippen LogP contribution >= 0.6 is 0 Å². The van der Waals surface area contributed by atoms with Crippen LogP contribution in [-0.2, 0) is 9.59 Å². The molecule has 2 amide bonds. The Morgan fingerprint density at radius 3 is 2.50 bits per heavy atom. The minimum atomic E-state index is -0.804. The van der Waals surface area contributed by atoms with E-state index in [2.05, 4.69) is 0 Å². The summed E-state index contributed by atoms with van der Waals surface area (Å²) in [4.78, 5) is 25.7. The first-order valence-electron chi connectivity index (χ1n) is 7.18. The summed E-state index contributed by atoms with van der Waals surface area (Å²) >= 11 is 0. The molecule has 0 aromatic heterocycles. The third kappa shape index (κ3) is 2.14. The molecule has 106 valence electrons. The number of amides is 2. The number of hydrogen-bond donors (Lipinski definition) is 1. The zero-order valence-electron chi connectivity index (χ0n) is 11.6. The van der Waals surface area contributed by atoms with Gasteiger partial charge in [0.25, 0.3) is 0 Å². The van der Waals surface area contributed by atoms with Gasteiger partial charge in [0.15, 0.2) is 0 Å². The molecule has 20 heavy (non-hydrogen) atoms. The molecule has 3 unspecified atom stereocenters. The molecular weight excluding hydrogens is 254 g/mol. The lowest BCUT2D eigenvalue weighted by Crippen LogP contribution is -2.35. The molecular formula is C16H19NO3. The predicted molar refractivity (Wildman–Crippen MR) is 73.7 cm³/mol. The molecule has 1 aromatic rings.